The molecule has 0 fully saturated rings. The van der Waals surface area contributed by atoms with Crippen molar-refractivity contribution >= 4 is 43.3 Å². The van der Waals surface area contributed by atoms with Crippen molar-refractivity contribution in [2.45, 2.75) is 18.6 Å². The lowest BCUT2D eigenvalue weighted by atomic mass is 9.97. The van der Waals surface area contributed by atoms with E-state index in [4.69, 9.17) is 0 Å². The molecule has 0 aliphatic heterocycles. The number of alkyl halides is 3. The number of benzene rings is 3. The van der Waals surface area contributed by atoms with Gasteiger partial charge in [0.2, 0.25) is 0 Å². The second-order valence-corrected chi connectivity index (χ2v) is 8.20. The van der Waals surface area contributed by atoms with Crippen LogP contribution in [0.1, 0.15) is 33.9 Å². The highest BCUT2D eigenvalue weighted by Gasteiger charge is 2.33. The molecule has 0 saturated carbocycles. The highest BCUT2D eigenvalue weighted by molar-refractivity contribution is 9.10. The number of hydrogen-bond donors (Lipinski definition) is 1. The number of hydrogen-bond acceptors (Lipinski definition) is 2. The average molecular weight is 527 g/mol. The number of ketones is 1. The fourth-order valence-electron chi connectivity index (χ4n) is 2.91. The molecule has 3 aromatic carbocycles. The third-order valence-corrected chi connectivity index (χ3v) is 5.59. The highest BCUT2D eigenvalue weighted by atomic mass is 79.9. The lowest BCUT2D eigenvalue weighted by Gasteiger charge is -2.21. The molecule has 0 saturated heterocycles. The minimum atomic E-state index is -4.48. The van der Waals surface area contributed by atoms with E-state index >= 15 is 0 Å². The zero-order valence-corrected chi connectivity index (χ0v) is 18.2. The SMILES string of the molecule is O=C(CC(Nc1ccc(Br)c(C(F)(F)F)c1)c1ccccc1)c1ccc(Br)cc1. The predicted molar refractivity (Wildman–Crippen MR) is 115 cm³/mol. The van der Waals surface area contributed by atoms with Gasteiger partial charge in [-0.25, -0.2) is 0 Å². The normalized spacial score (nSPS) is 12.4. The Bertz CT molecular complexity index is 989. The molecular weight excluding hydrogens is 511 g/mol. The summed E-state index contributed by atoms with van der Waals surface area (Å²) >= 11 is 6.28. The molecule has 1 unspecified atom stereocenters. The van der Waals surface area contributed by atoms with Crippen molar-refractivity contribution in [3.05, 3.63) is 98.4 Å². The summed E-state index contributed by atoms with van der Waals surface area (Å²) in [6.45, 7) is 0. The zero-order valence-electron chi connectivity index (χ0n) is 15.0. The molecule has 29 heavy (non-hydrogen) atoms. The van der Waals surface area contributed by atoms with E-state index in [9.17, 15) is 18.0 Å². The van der Waals surface area contributed by atoms with Crippen LogP contribution in [0.2, 0.25) is 0 Å². The maximum absolute atomic E-state index is 13.2. The van der Waals surface area contributed by atoms with Crippen LogP contribution in [0.3, 0.4) is 0 Å². The number of halogens is 5. The molecule has 150 valence electrons. The molecule has 0 bridgehead atoms. The Hall–Kier alpha value is -2.12. The average Bonchev–Trinajstić information content (AvgIpc) is 2.69. The molecule has 1 N–H and O–H groups in total. The van der Waals surface area contributed by atoms with Crippen molar-refractivity contribution in [2.24, 2.45) is 0 Å². The van der Waals surface area contributed by atoms with Gasteiger partial charge in [-0.2, -0.15) is 13.2 Å². The van der Waals surface area contributed by atoms with Crippen molar-refractivity contribution in [3.63, 3.8) is 0 Å². The summed E-state index contributed by atoms with van der Waals surface area (Å²) in [7, 11) is 0. The summed E-state index contributed by atoms with van der Waals surface area (Å²) in [5.41, 5.74) is 0.878. The Kier molecular flexibility index (Phi) is 6.80. The van der Waals surface area contributed by atoms with E-state index in [-0.39, 0.29) is 22.4 Å². The first kappa shape index (κ1) is 21.6. The summed E-state index contributed by atoms with van der Waals surface area (Å²) in [6.07, 6.45) is -4.38. The number of carbonyl (C=O) groups excluding carboxylic acids is 1. The molecule has 1 atom stereocenters. The van der Waals surface area contributed by atoms with E-state index in [2.05, 4.69) is 37.2 Å². The first-order chi connectivity index (χ1) is 13.7. The minimum Gasteiger partial charge on any atom is -0.378 e. The first-order valence-corrected chi connectivity index (χ1v) is 10.3. The molecule has 3 rings (SSSR count). The molecule has 0 spiro atoms. The van der Waals surface area contributed by atoms with Crippen LogP contribution in [-0.2, 0) is 6.18 Å². The Morgan fingerprint density at radius 2 is 1.59 bits per heavy atom. The van der Waals surface area contributed by atoms with Crippen LogP contribution in [0.4, 0.5) is 18.9 Å². The van der Waals surface area contributed by atoms with Gasteiger partial charge < -0.3 is 5.32 Å². The van der Waals surface area contributed by atoms with Crippen molar-refractivity contribution < 1.29 is 18.0 Å². The Morgan fingerprint density at radius 3 is 2.21 bits per heavy atom. The topological polar surface area (TPSA) is 29.1 Å². The van der Waals surface area contributed by atoms with E-state index in [0.717, 1.165) is 16.1 Å². The molecule has 0 amide bonds. The van der Waals surface area contributed by atoms with Gasteiger partial charge >= 0.3 is 6.18 Å². The number of Topliss-reactive ketones (excluding diaryl/α,β-unsaturated/α-hetero) is 1. The molecule has 0 aliphatic rings. The van der Waals surface area contributed by atoms with Crippen LogP contribution in [-0.4, -0.2) is 5.78 Å². The number of rotatable bonds is 6. The third-order valence-electron chi connectivity index (χ3n) is 4.37. The molecule has 0 aliphatic carbocycles. The van der Waals surface area contributed by atoms with Gasteiger partial charge in [-0.05, 0) is 35.9 Å². The summed E-state index contributed by atoms with van der Waals surface area (Å²) in [5.74, 6) is -0.105. The van der Waals surface area contributed by atoms with Gasteiger partial charge in [0.25, 0.3) is 0 Å². The van der Waals surface area contributed by atoms with Crippen molar-refractivity contribution in [2.75, 3.05) is 5.32 Å². The van der Waals surface area contributed by atoms with Gasteiger partial charge in [0.15, 0.2) is 5.78 Å². The van der Waals surface area contributed by atoms with Crippen molar-refractivity contribution in [1.82, 2.24) is 0 Å². The van der Waals surface area contributed by atoms with Crippen LogP contribution in [0, 0.1) is 0 Å². The van der Waals surface area contributed by atoms with E-state index in [1.165, 1.54) is 6.07 Å². The molecular formula is C22H16Br2F3NO. The van der Waals surface area contributed by atoms with Crippen LogP contribution >= 0.6 is 31.9 Å². The van der Waals surface area contributed by atoms with Crippen LogP contribution in [0.15, 0.2) is 81.7 Å². The molecule has 0 radical (unpaired) electrons. The van der Waals surface area contributed by atoms with Gasteiger partial charge in [0.05, 0.1) is 11.6 Å². The third kappa shape index (κ3) is 5.70. The van der Waals surface area contributed by atoms with E-state index < -0.39 is 17.8 Å². The molecule has 3 aromatic rings. The van der Waals surface area contributed by atoms with Gasteiger partial charge in [0, 0.05) is 26.6 Å². The smallest absolute Gasteiger partial charge is 0.378 e. The second-order valence-electron chi connectivity index (χ2n) is 6.43. The predicted octanol–water partition coefficient (Wildman–Crippen LogP) is 7.66. The molecule has 0 aromatic heterocycles. The highest BCUT2D eigenvalue weighted by Crippen LogP contribution is 2.37. The zero-order chi connectivity index (χ0) is 21.0. The summed E-state index contributed by atoms with van der Waals surface area (Å²) < 4.78 is 40.5. The number of carbonyl (C=O) groups is 1. The second kappa shape index (κ2) is 9.13. The monoisotopic (exact) mass is 525 g/mol. The summed E-state index contributed by atoms with van der Waals surface area (Å²) in [5, 5.41) is 3.10. The van der Waals surface area contributed by atoms with Gasteiger partial charge in [0.1, 0.15) is 0 Å². The molecule has 7 heteroatoms. The minimum absolute atomic E-state index is 0.0299. The van der Waals surface area contributed by atoms with Gasteiger partial charge in [-0.3, -0.25) is 4.79 Å². The van der Waals surface area contributed by atoms with E-state index in [1.807, 2.05) is 30.3 Å². The largest absolute Gasteiger partial charge is 0.417 e. The van der Waals surface area contributed by atoms with Crippen LogP contribution in [0.25, 0.3) is 0 Å². The standard InChI is InChI=1S/C22H16Br2F3NO/c23-16-8-6-15(7-9-16)21(29)13-20(14-4-2-1-3-5-14)28-17-10-11-19(24)18(12-17)22(25,26)27/h1-12,20,28H,13H2. The van der Waals surface area contributed by atoms with E-state index in [1.54, 1.807) is 30.3 Å². The van der Waals surface area contributed by atoms with Gasteiger partial charge in [-0.1, -0.05) is 74.3 Å². The fourth-order valence-corrected chi connectivity index (χ4v) is 3.65. The quantitative estimate of drug-likeness (QED) is 0.334. The Labute approximate surface area is 183 Å². The first-order valence-electron chi connectivity index (χ1n) is 8.71. The number of anilines is 1. The Morgan fingerprint density at radius 1 is 0.931 bits per heavy atom. The van der Waals surface area contributed by atoms with E-state index in [0.29, 0.717) is 5.56 Å². The lowest BCUT2D eigenvalue weighted by Crippen LogP contribution is -2.16. The van der Waals surface area contributed by atoms with Gasteiger partial charge in [-0.15, -0.1) is 0 Å². The fraction of sp³-hybridized carbons (Fsp3) is 0.136. The van der Waals surface area contributed by atoms with Crippen LogP contribution < -0.4 is 5.32 Å². The lowest BCUT2D eigenvalue weighted by molar-refractivity contribution is -0.138. The van der Waals surface area contributed by atoms with Crippen LogP contribution in [0.5, 0.6) is 0 Å². The van der Waals surface area contributed by atoms with Crippen molar-refractivity contribution in [3.8, 4) is 0 Å². The maximum Gasteiger partial charge on any atom is 0.417 e. The Balaban J connectivity index is 1.89. The van der Waals surface area contributed by atoms with Crippen molar-refractivity contribution in [1.29, 1.82) is 0 Å². The summed E-state index contributed by atoms with van der Waals surface area (Å²) in [6, 6.07) is 19.7. The summed E-state index contributed by atoms with van der Waals surface area (Å²) in [4.78, 5) is 12.8. The molecule has 0 heterocycles. The maximum atomic E-state index is 13.2. The number of nitrogens with one attached hydrogen (secondary N) is 1. The molecule has 2 nitrogen and oxygen atoms in total.